The van der Waals surface area contributed by atoms with Crippen molar-refractivity contribution in [1.82, 2.24) is 9.78 Å². The molecule has 0 aliphatic heterocycles. The van der Waals surface area contributed by atoms with Gasteiger partial charge in [0.05, 0.1) is 0 Å². The van der Waals surface area contributed by atoms with Crippen molar-refractivity contribution in [3.8, 4) is 0 Å². The molecule has 0 saturated heterocycles. The highest BCUT2D eigenvalue weighted by Crippen LogP contribution is 2.41. The summed E-state index contributed by atoms with van der Waals surface area (Å²) in [7, 11) is 1.08. The number of rotatable bonds is 2. The maximum atomic E-state index is 12.2. The third-order valence-corrected chi connectivity index (χ3v) is 1.99. The van der Waals surface area contributed by atoms with Crippen molar-refractivity contribution < 1.29 is 31.1 Å². The van der Waals surface area contributed by atoms with E-state index in [0.29, 0.717) is 4.68 Å². The average molecular weight is 260 g/mol. The van der Waals surface area contributed by atoms with Gasteiger partial charge in [0.2, 0.25) is 11.7 Å². The smallest absolute Gasteiger partial charge is 0.291 e. The lowest BCUT2D eigenvalue weighted by Gasteiger charge is -2.21. The number of alkyl halides is 6. The van der Waals surface area contributed by atoms with Crippen LogP contribution in [-0.4, -0.2) is 27.9 Å². The van der Waals surface area contributed by atoms with Crippen LogP contribution in [0.3, 0.4) is 0 Å². The number of aromatic nitrogens is 2. The molecule has 1 aromatic heterocycles. The van der Waals surface area contributed by atoms with Crippen LogP contribution < -0.4 is 0 Å². The Kier molecular flexibility index (Phi) is 3.22. The Morgan fingerprint density at radius 2 is 1.71 bits per heavy atom. The Hall–Kier alpha value is -1.54. The van der Waals surface area contributed by atoms with Gasteiger partial charge in [-0.15, -0.1) is 0 Å². The van der Waals surface area contributed by atoms with E-state index in [9.17, 15) is 31.1 Å². The fourth-order valence-electron chi connectivity index (χ4n) is 1.25. The summed E-state index contributed by atoms with van der Waals surface area (Å²) in [5, 5.41) is 3.35. The molecule has 0 aliphatic carbocycles. The molecule has 0 atom stereocenters. The standard InChI is InChI=1S/C8H6F6N2O/c1-16-4(2-3-15-16)5(17)6(7(9,10)11)8(12,13)14/h2-3,6H,1H3. The molecular weight excluding hydrogens is 254 g/mol. The zero-order valence-electron chi connectivity index (χ0n) is 8.30. The van der Waals surface area contributed by atoms with E-state index < -0.39 is 29.7 Å². The summed E-state index contributed by atoms with van der Waals surface area (Å²) in [6.07, 6.45) is -10.4. The van der Waals surface area contributed by atoms with Gasteiger partial charge in [-0.25, -0.2) is 0 Å². The van der Waals surface area contributed by atoms with Gasteiger partial charge < -0.3 is 0 Å². The van der Waals surface area contributed by atoms with Gasteiger partial charge in [0.25, 0.3) is 0 Å². The lowest BCUT2D eigenvalue weighted by atomic mass is 10.0. The fourth-order valence-corrected chi connectivity index (χ4v) is 1.25. The molecule has 0 aromatic carbocycles. The topological polar surface area (TPSA) is 34.9 Å². The van der Waals surface area contributed by atoms with Gasteiger partial charge in [-0.1, -0.05) is 0 Å². The van der Waals surface area contributed by atoms with Gasteiger partial charge in [-0.3, -0.25) is 9.48 Å². The molecule has 0 fully saturated rings. The molecular formula is C8H6F6N2O. The number of hydrogen-bond acceptors (Lipinski definition) is 2. The van der Waals surface area contributed by atoms with E-state index in [1.165, 1.54) is 0 Å². The molecule has 96 valence electrons. The van der Waals surface area contributed by atoms with Crippen molar-refractivity contribution in [3.63, 3.8) is 0 Å². The van der Waals surface area contributed by atoms with Crippen LogP contribution in [-0.2, 0) is 7.05 Å². The second-order valence-corrected chi connectivity index (χ2v) is 3.22. The molecule has 0 amide bonds. The second kappa shape index (κ2) is 4.04. The number of nitrogens with zero attached hydrogens (tertiary/aromatic N) is 2. The van der Waals surface area contributed by atoms with Crippen LogP contribution in [0.25, 0.3) is 0 Å². The first-order valence-electron chi connectivity index (χ1n) is 4.21. The van der Waals surface area contributed by atoms with Crippen molar-refractivity contribution in [2.75, 3.05) is 0 Å². The van der Waals surface area contributed by atoms with Crippen LogP contribution in [0.15, 0.2) is 12.3 Å². The molecule has 0 unspecified atom stereocenters. The molecule has 3 nitrogen and oxygen atoms in total. The van der Waals surface area contributed by atoms with Gasteiger partial charge in [-0.05, 0) is 6.07 Å². The monoisotopic (exact) mass is 260 g/mol. The largest absolute Gasteiger partial charge is 0.407 e. The summed E-state index contributed by atoms with van der Waals surface area (Å²) in [6, 6.07) is 0.798. The predicted molar refractivity (Wildman–Crippen MR) is 43.1 cm³/mol. The van der Waals surface area contributed by atoms with Crippen LogP contribution in [0.4, 0.5) is 26.3 Å². The number of carbonyl (C=O) groups is 1. The Balaban J connectivity index is 3.18. The third kappa shape index (κ3) is 2.77. The van der Waals surface area contributed by atoms with Crippen molar-refractivity contribution in [2.24, 2.45) is 13.0 Å². The number of ketones is 1. The molecule has 0 aliphatic rings. The molecule has 17 heavy (non-hydrogen) atoms. The number of Topliss-reactive ketones (excluding diaryl/α,β-unsaturated/α-hetero) is 1. The van der Waals surface area contributed by atoms with Gasteiger partial charge in [-0.2, -0.15) is 31.4 Å². The summed E-state index contributed by atoms with van der Waals surface area (Å²) in [5.74, 6) is -6.09. The fraction of sp³-hybridized carbons (Fsp3) is 0.500. The molecule has 0 N–H and O–H groups in total. The van der Waals surface area contributed by atoms with Crippen molar-refractivity contribution in [1.29, 1.82) is 0 Å². The maximum Gasteiger partial charge on any atom is 0.407 e. The Bertz CT molecular complexity index is 404. The summed E-state index contributed by atoms with van der Waals surface area (Å²) in [4.78, 5) is 11.2. The molecule has 0 saturated carbocycles. The molecule has 0 bridgehead atoms. The van der Waals surface area contributed by atoms with Gasteiger partial charge in [0, 0.05) is 13.2 Å². The normalized spacial score (nSPS) is 13.2. The zero-order chi connectivity index (χ0) is 13.4. The van der Waals surface area contributed by atoms with E-state index in [4.69, 9.17) is 0 Å². The SMILES string of the molecule is Cn1nccc1C(=O)C(C(F)(F)F)C(F)(F)F. The summed E-state index contributed by atoms with van der Waals surface area (Å²) in [6.45, 7) is 0. The van der Waals surface area contributed by atoms with Crippen LogP contribution in [0.2, 0.25) is 0 Å². The third-order valence-electron chi connectivity index (χ3n) is 1.99. The maximum absolute atomic E-state index is 12.2. The quantitative estimate of drug-likeness (QED) is 0.604. The second-order valence-electron chi connectivity index (χ2n) is 3.22. The van der Waals surface area contributed by atoms with E-state index in [1.54, 1.807) is 0 Å². The van der Waals surface area contributed by atoms with Gasteiger partial charge in [0.15, 0.2) is 0 Å². The minimum atomic E-state index is -5.68. The van der Waals surface area contributed by atoms with Crippen LogP contribution in [0, 0.1) is 5.92 Å². The Morgan fingerprint density at radius 3 is 2.00 bits per heavy atom. The lowest BCUT2D eigenvalue weighted by molar-refractivity contribution is -0.265. The van der Waals surface area contributed by atoms with E-state index in [-0.39, 0.29) is 0 Å². The van der Waals surface area contributed by atoms with Crippen molar-refractivity contribution in [2.45, 2.75) is 12.4 Å². The van der Waals surface area contributed by atoms with Crippen LogP contribution in [0.5, 0.6) is 0 Å². The average Bonchev–Trinajstić information content (AvgIpc) is 2.45. The van der Waals surface area contributed by atoms with Crippen LogP contribution >= 0.6 is 0 Å². The molecule has 1 aromatic rings. The first kappa shape index (κ1) is 13.5. The molecule has 1 rings (SSSR count). The lowest BCUT2D eigenvalue weighted by Crippen LogP contribution is -2.43. The summed E-state index contributed by atoms with van der Waals surface area (Å²) >= 11 is 0. The number of carbonyl (C=O) groups excluding carboxylic acids is 1. The number of hydrogen-bond donors (Lipinski definition) is 0. The van der Waals surface area contributed by atoms with E-state index in [1.807, 2.05) is 0 Å². The zero-order valence-corrected chi connectivity index (χ0v) is 8.30. The summed E-state index contributed by atoms with van der Waals surface area (Å²) in [5.41, 5.74) is -0.746. The van der Waals surface area contributed by atoms with E-state index in [2.05, 4.69) is 5.10 Å². The van der Waals surface area contributed by atoms with Crippen LogP contribution in [0.1, 0.15) is 10.5 Å². The Labute approximate surface area is 91.0 Å². The molecule has 9 heteroatoms. The molecule has 0 spiro atoms. The van der Waals surface area contributed by atoms with Crippen molar-refractivity contribution in [3.05, 3.63) is 18.0 Å². The highest BCUT2D eigenvalue weighted by molar-refractivity contribution is 5.97. The molecule has 1 heterocycles. The number of halogens is 6. The predicted octanol–water partition coefficient (Wildman–Crippen LogP) is 2.34. The first-order valence-corrected chi connectivity index (χ1v) is 4.21. The summed E-state index contributed by atoms with van der Waals surface area (Å²) < 4.78 is 74.0. The number of aryl methyl sites for hydroxylation is 1. The highest BCUT2D eigenvalue weighted by atomic mass is 19.4. The minimum absolute atomic E-state index is 0.660. The first-order chi connectivity index (χ1) is 7.55. The van der Waals surface area contributed by atoms with E-state index >= 15 is 0 Å². The molecule has 0 radical (unpaired) electrons. The Morgan fingerprint density at radius 1 is 1.24 bits per heavy atom. The van der Waals surface area contributed by atoms with E-state index in [0.717, 1.165) is 19.3 Å². The van der Waals surface area contributed by atoms with Gasteiger partial charge in [0.1, 0.15) is 5.69 Å². The van der Waals surface area contributed by atoms with Crippen molar-refractivity contribution >= 4 is 5.78 Å². The van der Waals surface area contributed by atoms with Gasteiger partial charge >= 0.3 is 12.4 Å². The highest BCUT2D eigenvalue weighted by Gasteiger charge is 2.61. The minimum Gasteiger partial charge on any atom is -0.291 e.